The number of hydrogen-bond donors (Lipinski definition) is 2. The molecule has 30 heavy (non-hydrogen) atoms. The summed E-state index contributed by atoms with van der Waals surface area (Å²) in [5.41, 5.74) is 3.27. The van der Waals surface area contributed by atoms with Crippen molar-refractivity contribution in [3.05, 3.63) is 62.0 Å². The van der Waals surface area contributed by atoms with Crippen molar-refractivity contribution in [2.75, 3.05) is 5.32 Å². The second kappa shape index (κ2) is 7.87. The highest BCUT2D eigenvalue weighted by Crippen LogP contribution is 2.46. The van der Waals surface area contributed by atoms with Gasteiger partial charge in [0, 0.05) is 17.0 Å². The number of anilines is 1. The summed E-state index contributed by atoms with van der Waals surface area (Å²) in [6, 6.07) is 6.35. The Labute approximate surface area is 180 Å². The van der Waals surface area contributed by atoms with Gasteiger partial charge in [-0.3, -0.25) is 14.9 Å². The van der Waals surface area contributed by atoms with Crippen LogP contribution in [0.15, 0.2) is 30.3 Å². The number of nitro benzene ring substituents is 1. The number of fused-ring (bicyclic) bond motifs is 3. The zero-order valence-corrected chi connectivity index (χ0v) is 18.3. The summed E-state index contributed by atoms with van der Waals surface area (Å²) in [5.74, 6) is 0.629. The average Bonchev–Trinajstić information content (AvgIpc) is 3.10. The summed E-state index contributed by atoms with van der Waals surface area (Å²) >= 11 is 1.72. The van der Waals surface area contributed by atoms with E-state index in [0.29, 0.717) is 11.3 Å². The van der Waals surface area contributed by atoms with Crippen LogP contribution >= 0.6 is 11.3 Å². The molecule has 1 amide bonds. The molecule has 1 aliphatic carbocycles. The Balaban J connectivity index is 1.51. The molecule has 0 unspecified atom stereocenters. The lowest BCUT2D eigenvalue weighted by molar-refractivity contribution is -0.384. The predicted octanol–water partition coefficient (Wildman–Crippen LogP) is 5.39. The lowest BCUT2D eigenvalue weighted by Crippen LogP contribution is -2.43. The molecule has 6 nitrogen and oxygen atoms in total. The smallest absolute Gasteiger partial charge is 0.269 e. The molecule has 2 aromatic rings. The predicted molar refractivity (Wildman–Crippen MR) is 121 cm³/mol. The lowest BCUT2D eigenvalue weighted by atomic mass is 9.69. The number of hydrogen-bond acceptors (Lipinski definition) is 5. The molecule has 1 aromatic carbocycles. The van der Waals surface area contributed by atoms with E-state index in [-0.39, 0.29) is 17.8 Å². The minimum Gasteiger partial charge on any atom is -0.353 e. The third-order valence-electron chi connectivity index (χ3n) is 6.67. The van der Waals surface area contributed by atoms with Crippen LogP contribution in [0.2, 0.25) is 0 Å². The fraction of sp³-hybridized carbons (Fsp3) is 0.435. The number of rotatable bonds is 5. The SMILES string of the molecule is CCC(C)(C)[C@@H]1CCc2c(sc3c2C(=O)N[C@H](/C=C/c2ccc([N+](=O)[O-])cc2)N3)C1. The molecule has 2 aliphatic rings. The first-order valence-electron chi connectivity index (χ1n) is 10.4. The number of non-ortho nitro benzene ring substituents is 1. The Hall–Kier alpha value is -2.67. The number of carbonyl (C=O) groups excluding carboxylic acids is 1. The van der Waals surface area contributed by atoms with Gasteiger partial charge in [-0.1, -0.05) is 33.3 Å². The van der Waals surface area contributed by atoms with Crippen LogP contribution in [0.1, 0.15) is 60.0 Å². The topological polar surface area (TPSA) is 84.3 Å². The largest absolute Gasteiger partial charge is 0.353 e. The maximum absolute atomic E-state index is 12.8. The van der Waals surface area contributed by atoms with Crippen LogP contribution in [0.5, 0.6) is 0 Å². The molecule has 0 radical (unpaired) electrons. The Bertz CT molecular complexity index is 1010. The number of nitro groups is 1. The van der Waals surface area contributed by atoms with E-state index in [1.165, 1.54) is 22.6 Å². The van der Waals surface area contributed by atoms with Gasteiger partial charge in [0.25, 0.3) is 11.6 Å². The average molecular weight is 426 g/mol. The van der Waals surface area contributed by atoms with E-state index in [2.05, 4.69) is 31.4 Å². The van der Waals surface area contributed by atoms with Gasteiger partial charge in [-0.2, -0.15) is 0 Å². The van der Waals surface area contributed by atoms with Crippen LogP contribution in [-0.2, 0) is 12.8 Å². The van der Waals surface area contributed by atoms with Gasteiger partial charge < -0.3 is 10.6 Å². The molecule has 0 saturated heterocycles. The van der Waals surface area contributed by atoms with Crippen LogP contribution in [0.4, 0.5) is 10.7 Å². The van der Waals surface area contributed by atoms with Gasteiger partial charge in [-0.05, 0) is 59.9 Å². The standard InChI is InChI=1S/C23H27N3O3S/c1-4-23(2,3)15-8-11-17-18(13-15)30-22-20(17)21(27)24-19(25-22)12-7-14-5-9-16(10-6-14)26(28)29/h5-7,9-10,12,15,19,25H,4,8,11,13H2,1-3H3,(H,24,27)/b12-7+/t15-,19+/m1/s1. The van der Waals surface area contributed by atoms with Crippen molar-refractivity contribution in [1.82, 2.24) is 5.32 Å². The molecular formula is C23H27N3O3S. The van der Waals surface area contributed by atoms with Gasteiger partial charge in [-0.25, -0.2) is 0 Å². The fourth-order valence-electron chi connectivity index (χ4n) is 4.28. The first-order chi connectivity index (χ1) is 14.3. The first-order valence-corrected chi connectivity index (χ1v) is 11.2. The van der Waals surface area contributed by atoms with E-state index in [1.54, 1.807) is 23.5 Å². The Morgan fingerprint density at radius 1 is 1.27 bits per heavy atom. The van der Waals surface area contributed by atoms with Crippen LogP contribution < -0.4 is 10.6 Å². The number of nitrogens with zero attached hydrogens (tertiary/aromatic N) is 1. The molecule has 0 fully saturated rings. The molecule has 4 rings (SSSR count). The van der Waals surface area contributed by atoms with Gasteiger partial charge in [-0.15, -0.1) is 11.3 Å². The lowest BCUT2D eigenvalue weighted by Gasteiger charge is -2.36. The summed E-state index contributed by atoms with van der Waals surface area (Å²) in [5, 5.41) is 18.2. The van der Waals surface area contributed by atoms with Gasteiger partial charge in [0.2, 0.25) is 0 Å². The number of carbonyl (C=O) groups is 1. The highest BCUT2D eigenvalue weighted by atomic mass is 32.1. The summed E-state index contributed by atoms with van der Waals surface area (Å²) in [4.78, 5) is 24.6. The Morgan fingerprint density at radius 2 is 2.00 bits per heavy atom. The highest BCUT2D eigenvalue weighted by molar-refractivity contribution is 7.16. The molecule has 0 bridgehead atoms. The van der Waals surface area contributed by atoms with Gasteiger partial charge in [0.1, 0.15) is 11.2 Å². The first kappa shape index (κ1) is 20.6. The fourth-order valence-corrected chi connectivity index (χ4v) is 5.65. The van der Waals surface area contributed by atoms with E-state index in [4.69, 9.17) is 0 Å². The normalized spacial score (nSPS) is 21.0. The second-order valence-electron chi connectivity index (χ2n) is 8.79. The summed E-state index contributed by atoms with van der Waals surface area (Å²) in [6.07, 6.45) is 7.74. The zero-order valence-electron chi connectivity index (χ0n) is 17.5. The monoisotopic (exact) mass is 425 g/mol. The number of benzene rings is 1. The quantitative estimate of drug-likeness (QED) is 0.497. The summed E-state index contributed by atoms with van der Waals surface area (Å²) < 4.78 is 0. The van der Waals surface area contributed by atoms with Crippen LogP contribution in [0.3, 0.4) is 0 Å². The van der Waals surface area contributed by atoms with E-state index in [1.807, 2.05) is 12.2 Å². The van der Waals surface area contributed by atoms with Crippen molar-refractivity contribution in [1.29, 1.82) is 0 Å². The van der Waals surface area contributed by atoms with Gasteiger partial charge in [0.15, 0.2) is 0 Å². The van der Waals surface area contributed by atoms with Crippen molar-refractivity contribution in [2.24, 2.45) is 11.3 Å². The summed E-state index contributed by atoms with van der Waals surface area (Å²) in [7, 11) is 0. The van der Waals surface area contributed by atoms with E-state index in [0.717, 1.165) is 41.8 Å². The highest BCUT2D eigenvalue weighted by Gasteiger charge is 2.36. The maximum atomic E-state index is 12.8. The van der Waals surface area contributed by atoms with Crippen molar-refractivity contribution >= 4 is 34.0 Å². The molecule has 7 heteroatoms. The third kappa shape index (κ3) is 3.86. The molecule has 1 aliphatic heterocycles. The van der Waals surface area contributed by atoms with Crippen molar-refractivity contribution < 1.29 is 9.72 Å². The number of nitrogens with one attached hydrogen (secondary N) is 2. The molecular weight excluding hydrogens is 398 g/mol. The molecule has 2 N–H and O–H groups in total. The molecule has 2 heterocycles. The Morgan fingerprint density at radius 3 is 2.67 bits per heavy atom. The molecule has 0 spiro atoms. The number of thiophene rings is 1. The van der Waals surface area contributed by atoms with E-state index < -0.39 is 4.92 Å². The minimum absolute atomic E-state index is 0.0206. The summed E-state index contributed by atoms with van der Waals surface area (Å²) in [6.45, 7) is 6.95. The molecule has 158 valence electrons. The minimum atomic E-state index is -0.414. The van der Waals surface area contributed by atoms with Crippen molar-refractivity contribution in [3.63, 3.8) is 0 Å². The zero-order chi connectivity index (χ0) is 21.5. The van der Waals surface area contributed by atoms with E-state index >= 15 is 0 Å². The molecule has 2 atom stereocenters. The second-order valence-corrected chi connectivity index (χ2v) is 9.90. The third-order valence-corrected chi connectivity index (χ3v) is 7.85. The van der Waals surface area contributed by atoms with E-state index in [9.17, 15) is 14.9 Å². The molecule has 0 saturated carbocycles. The molecule has 1 aromatic heterocycles. The van der Waals surface area contributed by atoms with Crippen molar-refractivity contribution in [3.8, 4) is 0 Å². The van der Waals surface area contributed by atoms with Crippen LogP contribution in [0, 0.1) is 21.4 Å². The Kier molecular flexibility index (Phi) is 5.40. The van der Waals surface area contributed by atoms with Crippen LogP contribution in [0.25, 0.3) is 6.08 Å². The number of amides is 1. The van der Waals surface area contributed by atoms with Gasteiger partial charge in [0.05, 0.1) is 10.5 Å². The van der Waals surface area contributed by atoms with Gasteiger partial charge >= 0.3 is 0 Å². The van der Waals surface area contributed by atoms with Crippen molar-refractivity contribution in [2.45, 2.75) is 52.6 Å². The maximum Gasteiger partial charge on any atom is 0.269 e. The van der Waals surface area contributed by atoms with Crippen LogP contribution in [-0.4, -0.2) is 17.0 Å².